The number of methoxy groups -OCH3 is 1. The lowest BCUT2D eigenvalue weighted by molar-refractivity contribution is -0.146. The third-order valence-corrected chi connectivity index (χ3v) is 9.18. The molecule has 0 saturated heterocycles. The van der Waals surface area contributed by atoms with Crippen LogP contribution in [0.5, 0.6) is 0 Å². The van der Waals surface area contributed by atoms with Gasteiger partial charge in [0.1, 0.15) is 0 Å². The van der Waals surface area contributed by atoms with Crippen molar-refractivity contribution < 1.29 is 14.0 Å². The van der Waals surface area contributed by atoms with Gasteiger partial charge < -0.3 is 9.16 Å². The Morgan fingerprint density at radius 3 is 2.32 bits per heavy atom. The molecule has 1 fully saturated rings. The van der Waals surface area contributed by atoms with Gasteiger partial charge in [-0.2, -0.15) is 0 Å². The van der Waals surface area contributed by atoms with E-state index in [9.17, 15) is 4.79 Å². The number of esters is 1. The molecule has 0 radical (unpaired) electrons. The van der Waals surface area contributed by atoms with Gasteiger partial charge in [0.15, 0.2) is 8.32 Å². The fourth-order valence-corrected chi connectivity index (χ4v) is 3.77. The van der Waals surface area contributed by atoms with Gasteiger partial charge in [-0.3, -0.25) is 4.79 Å². The van der Waals surface area contributed by atoms with Crippen LogP contribution in [0, 0.1) is 11.8 Å². The van der Waals surface area contributed by atoms with Crippen molar-refractivity contribution in [2.45, 2.75) is 57.8 Å². The van der Waals surface area contributed by atoms with Crippen LogP contribution in [0.4, 0.5) is 0 Å². The fourth-order valence-electron chi connectivity index (χ4n) is 2.39. The van der Waals surface area contributed by atoms with Crippen molar-refractivity contribution in [1.82, 2.24) is 0 Å². The predicted molar refractivity (Wildman–Crippen MR) is 80.5 cm³/mol. The molecular weight excluding hydrogens is 256 g/mol. The van der Waals surface area contributed by atoms with Gasteiger partial charge in [0.05, 0.1) is 13.0 Å². The van der Waals surface area contributed by atoms with E-state index < -0.39 is 8.32 Å². The van der Waals surface area contributed by atoms with E-state index in [-0.39, 0.29) is 28.9 Å². The van der Waals surface area contributed by atoms with Gasteiger partial charge in [-0.05, 0) is 36.9 Å². The van der Waals surface area contributed by atoms with Gasteiger partial charge in [-0.1, -0.05) is 26.8 Å². The number of allylic oxidation sites excluding steroid dienone is 1. The summed E-state index contributed by atoms with van der Waals surface area (Å²) in [5.41, 5.74) is 0. The van der Waals surface area contributed by atoms with Gasteiger partial charge in [0.2, 0.25) is 0 Å². The topological polar surface area (TPSA) is 35.5 Å². The van der Waals surface area contributed by atoms with Gasteiger partial charge >= 0.3 is 5.97 Å². The van der Waals surface area contributed by atoms with Crippen molar-refractivity contribution >= 4 is 14.3 Å². The molecule has 0 heterocycles. The van der Waals surface area contributed by atoms with Gasteiger partial charge in [0, 0.05) is 6.10 Å². The molecule has 0 amide bonds. The molecule has 0 N–H and O–H groups in total. The lowest BCUT2D eigenvalue weighted by Gasteiger charge is -2.38. The molecule has 0 aromatic rings. The first kappa shape index (κ1) is 16.4. The third-order valence-electron chi connectivity index (χ3n) is 4.64. The van der Waals surface area contributed by atoms with E-state index in [4.69, 9.17) is 9.16 Å². The molecule has 110 valence electrons. The summed E-state index contributed by atoms with van der Waals surface area (Å²) in [4.78, 5) is 11.8. The van der Waals surface area contributed by atoms with Crippen LogP contribution in [0.1, 0.15) is 33.6 Å². The highest BCUT2D eigenvalue weighted by Crippen LogP contribution is 2.42. The average molecular weight is 284 g/mol. The number of carbonyl (C=O) groups is 1. The fraction of sp³-hybridized carbons (Fsp3) is 0.800. The predicted octanol–water partition coefficient (Wildman–Crippen LogP) is 3.76. The Balaban J connectivity index is 2.74. The Hall–Kier alpha value is -0.613. The normalized spacial score (nSPS) is 28.2. The molecule has 19 heavy (non-hydrogen) atoms. The second-order valence-electron chi connectivity index (χ2n) is 7.00. The summed E-state index contributed by atoms with van der Waals surface area (Å²) < 4.78 is 11.3. The summed E-state index contributed by atoms with van der Waals surface area (Å²) >= 11 is 0. The quantitative estimate of drug-likeness (QED) is 0.448. The van der Waals surface area contributed by atoms with Gasteiger partial charge in [0.25, 0.3) is 0 Å². The molecule has 0 spiro atoms. The van der Waals surface area contributed by atoms with E-state index >= 15 is 0 Å². The van der Waals surface area contributed by atoms with E-state index in [2.05, 4.69) is 40.4 Å². The van der Waals surface area contributed by atoms with Crippen molar-refractivity contribution in [3.63, 3.8) is 0 Å². The van der Waals surface area contributed by atoms with Crippen LogP contribution < -0.4 is 0 Å². The molecule has 1 saturated carbocycles. The molecule has 1 rings (SSSR count). The largest absolute Gasteiger partial charge is 0.469 e. The minimum absolute atomic E-state index is 0.0859. The second-order valence-corrected chi connectivity index (χ2v) is 11.8. The first-order chi connectivity index (χ1) is 8.62. The maximum atomic E-state index is 11.8. The highest BCUT2D eigenvalue weighted by atomic mass is 28.4. The molecular formula is C15H28O3Si. The summed E-state index contributed by atoms with van der Waals surface area (Å²) in [5, 5.41) is 0.194. The van der Waals surface area contributed by atoms with Crippen LogP contribution in [0.2, 0.25) is 18.1 Å². The smallest absolute Gasteiger partial charge is 0.309 e. The maximum Gasteiger partial charge on any atom is 0.309 e. The monoisotopic (exact) mass is 284 g/mol. The molecule has 0 aromatic heterocycles. The minimum Gasteiger partial charge on any atom is -0.469 e. The summed E-state index contributed by atoms with van der Waals surface area (Å²) in [6.07, 6.45) is 3.68. The van der Waals surface area contributed by atoms with Crippen molar-refractivity contribution in [3.8, 4) is 0 Å². The van der Waals surface area contributed by atoms with E-state index in [0.29, 0.717) is 0 Å². The summed E-state index contributed by atoms with van der Waals surface area (Å²) in [5.74, 6) is -0.0364. The van der Waals surface area contributed by atoms with Gasteiger partial charge in [-0.15, -0.1) is 6.58 Å². The van der Waals surface area contributed by atoms with Crippen molar-refractivity contribution in [3.05, 3.63) is 12.7 Å². The van der Waals surface area contributed by atoms with E-state index in [1.807, 2.05) is 6.08 Å². The highest BCUT2D eigenvalue weighted by molar-refractivity contribution is 6.74. The van der Waals surface area contributed by atoms with Crippen LogP contribution >= 0.6 is 0 Å². The second kappa shape index (κ2) is 5.79. The Bertz CT molecular complexity index is 344. The molecule has 0 aromatic carbocycles. The third kappa shape index (κ3) is 3.69. The number of hydrogen-bond acceptors (Lipinski definition) is 3. The molecule has 0 aliphatic heterocycles. The van der Waals surface area contributed by atoms with Crippen molar-refractivity contribution in [1.29, 1.82) is 0 Å². The molecule has 0 bridgehead atoms. The van der Waals surface area contributed by atoms with Gasteiger partial charge in [-0.25, -0.2) is 0 Å². The Kier molecular flexibility index (Phi) is 5.01. The maximum absolute atomic E-state index is 11.8. The summed E-state index contributed by atoms with van der Waals surface area (Å²) in [6.45, 7) is 15.0. The Morgan fingerprint density at radius 1 is 1.32 bits per heavy atom. The zero-order valence-electron chi connectivity index (χ0n) is 13.2. The van der Waals surface area contributed by atoms with Crippen LogP contribution in [0.15, 0.2) is 12.7 Å². The SMILES string of the molecule is C=C[C@@H]1C[C@H](O[Si](C)(C)C(C)(C)C)C[C@@H]1C(=O)OC. The molecule has 4 heteroatoms. The number of hydrogen-bond donors (Lipinski definition) is 0. The minimum atomic E-state index is -1.77. The lowest BCUT2D eigenvalue weighted by atomic mass is 9.97. The van der Waals surface area contributed by atoms with E-state index in [1.165, 1.54) is 7.11 Å². The zero-order chi connectivity index (χ0) is 14.8. The van der Waals surface area contributed by atoms with Crippen LogP contribution in [0.25, 0.3) is 0 Å². The van der Waals surface area contributed by atoms with Crippen LogP contribution in [-0.4, -0.2) is 27.5 Å². The number of rotatable bonds is 4. The highest BCUT2D eigenvalue weighted by Gasteiger charge is 2.44. The number of carbonyl (C=O) groups excluding carboxylic acids is 1. The van der Waals surface area contributed by atoms with Crippen molar-refractivity contribution in [2.75, 3.05) is 7.11 Å². The molecule has 3 atom stereocenters. The standard InChI is InChI=1S/C15H28O3Si/c1-8-11-9-12(10-13(11)14(16)17-5)18-19(6,7)15(2,3)4/h8,11-13H,1,9-10H2,2-7H3/t11-,12+,13+/m1/s1. The first-order valence-corrected chi connectivity index (χ1v) is 9.91. The van der Waals surface area contributed by atoms with E-state index in [0.717, 1.165) is 12.8 Å². The number of ether oxygens (including phenoxy) is 1. The molecule has 3 nitrogen and oxygen atoms in total. The zero-order valence-corrected chi connectivity index (χ0v) is 14.2. The average Bonchev–Trinajstić information content (AvgIpc) is 2.68. The molecule has 1 aliphatic carbocycles. The van der Waals surface area contributed by atoms with Crippen LogP contribution in [0.3, 0.4) is 0 Å². The first-order valence-electron chi connectivity index (χ1n) is 7.00. The Labute approximate surface area is 118 Å². The van der Waals surface area contributed by atoms with Crippen LogP contribution in [-0.2, 0) is 14.0 Å². The summed E-state index contributed by atoms with van der Waals surface area (Å²) in [6, 6.07) is 0. The van der Waals surface area contributed by atoms with E-state index in [1.54, 1.807) is 0 Å². The van der Waals surface area contributed by atoms with Crippen molar-refractivity contribution in [2.24, 2.45) is 11.8 Å². The molecule has 0 unspecified atom stereocenters. The molecule has 1 aliphatic rings. The summed E-state index contributed by atoms with van der Waals surface area (Å²) in [7, 11) is -0.324. The Morgan fingerprint density at radius 2 is 1.89 bits per heavy atom. The lowest BCUT2D eigenvalue weighted by Crippen LogP contribution is -2.43.